The largest absolute Gasteiger partial charge is 0.376 e. The third-order valence-corrected chi connectivity index (χ3v) is 8.29. The van der Waals surface area contributed by atoms with E-state index in [1.54, 1.807) is 24.1 Å². The molecule has 40 heavy (non-hydrogen) atoms. The number of hydrogen-bond acceptors (Lipinski definition) is 3. The van der Waals surface area contributed by atoms with Crippen LogP contribution < -0.4 is 4.90 Å². The summed E-state index contributed by atoms with van der Waals surface area (Å²) < 4.78 is 13.5. The highest BCUT2D eigenvalue weighted by Gasteiger charge is 2.40. The number of aliphatic hydroxyl groups is 1. The topological polar surface area (TPSA) is 43.8 Å². The Bertz CT molecular complexity index is 1430. The normalized spacial score (nSPS) is 15.8. The molecule has 1 N–H and O–H groups in total. The van der Waals surface area contributed by atoms with Crippen molar-refractivity contribution in [3.05, 3.63) is 99.9 Å². The molecule has 4 nitrogen and oxygen atoms in total. The van der Waals surface area contributed by atoms with Crippen molar-refractivity contribution in [2.24, 2.45) is 0 Å². The van der Waals surface area contributed by atoms with Gasteiger partial charge in [0.25, 0.3) is 5.91 Å². The fourth-order valence-corrected chi connectivity index (χ4v) is 5.48. The standard InChI is InChI=1S/C35H41FN2O2/c1-8-37(6)33(40)26-14-9-24(10-15-26)13-18-31(39)27-21-29-32(35(4,5)20-19-34(29,2)3)30(22-27)38(7)23-25-11-16-28(36)17-12-25/h9-12,14-17,21-22,31,39H,8,19-20,23H2,1-7H3. The van der Waals surface area contributed by atoms with E-state index in [1.165, 1.54) is 23.3 Å². The highest BCUT2D eigenvalue weighted by atomic mass is 19.1. The average molecular weight is 541 g/mol. The molecule has 0 radical (unpaired) electrons. The van der Waals surface area contributed by atoms with Crippen LogP contribution in [0.4, 0.5) is 10.1 Å². The number of carbonyl (C=O) groups excluding carboxylic acids is 1. The van der Waals surface area contributed by atoms with Crippen LogP contribution in [0.1, 0.15) is 91.7 Å². The second kappa shape index (κ2) is 11.5. The fraction of sp³-hybridized carbons (Fsp3) is 0.400. The van der Waals surface area contributed by atoms with Crippen LogP contribution in [0, 0.1) is 17.7 Å². The van der Waals surface area contributed by atoms with Crippen molar-refractivity contribution in [2.75, 3.05) is 25.5 Å². The Balaban J connectivity index is 1.70. The summed E-state index contributed by atoms with van der Waals surface area (Å²) in [7, 11) is 3.83. The number of amides is 1. The molecule has 1 aliphatic carbocycles. The van der Waals surface area contributed by atoms with Crippen LogP contribution in [0.2, 0.25) is 0 Å². The van der Waals surface area contributed by atoms with E-state index >= 15 is 0 Å². The quantitative estimate of drug-likeness (QED) is 0.343. The molecule has 0 saturated carbocycles. The summed E-state index contributed by atoms with van der Waals surface area (Å²) in [6.07, 6.45) is 1.15. The molecule has 0 heterocycles. The zero-order valence-corrected chi connectivity index (χ0v) is 24.8. The lowest BCUT2D eigenvalue weighted by Crippen LogP contribution is -2.36. The summed E-state index contributed by atoms with van der Waals surface area (Å²) in [5, 5.41) is 11.3. The summed E-state index contributed by atoms with van der Waals surface area (Å²) in [6, 6.07) is 18.0. The molecule has 0 aromatic heterocycles. The van der Waals surface area contributed by atoms with Gasteiger partial charge in [0, 0.05) is 44.0 Å². The second-order valence-corrected chi connectivity index (χ2v) is 12.3. The summed E-state index contributed by atoms with van der Waals surface area (Å²) in [5.41, 5.74) is 6.66. The molecule has 0 fully saturated rings. The molecule has 0 saturated heterocycles. The summed E-state index contributed by atoms with van der Waals surface area (Å²) >= 11 is 0. The molecule has 1 unspecified atom stereocenters. The Kier molecular flexibility index (Phi) is 8.42. The second-order valence-electron chi connectivity index (χ2n) is 12.3. The van der Waals surface area contributed by atoms with Crippen LogP contribution in [0.25, 0.3) is 0 Å². The van der Waals surface area contributed by atoms with Gasteiger partial charge >= 0.3 is 0 Å². The lowest BCUT2D eigenvalue weighted by atomic mass is 9.62. The van der Waals surface area contributed by atoms with E-state index in [9.17, 15) is 14.3 Å². The number of anilines is 1. The lowest BCUT2D eigenvalue weighted by Gasteiger charge is -2.44. The number of nitrogens with zero attached hydrogens (tertiary/aromatic N) is 2. The Morgan fingerprint density at radius 2 is 1.60 bits per heavy atom. The highest BCUT2D eigenvalue weighted by molar-refractivity contribution is 5.94. The first kappa shape index (κ1) is 29.4. The molecule has 1 amide bonds. The highest BCUT2D eigenvalue weighted by Crippen LogP contribution is 2.50. The summed E-state index contributed by atoms with van der Waals surface area (Å²) in [4.78, 5) is 16.3. The van der Waals surface area contributed by atoms with Crippen molar-refractivity contribution in [3.8, 4) is 11.8 Å². The first-order valence-electron chi connectivity index (χ1n) is 14.0. The Morgan fingerprint density at radius 3 is 2.23 bits per heavy atom. The Hall–Kier alpha value is -3.62. The van der Waals surface area contributed by atoms with Crippen molar-refractivity contribution in [1.29, 1.82) is 0 Å². The van der Waals surface area contributed by atoms with Gasteiger partial charge in [0.1, 0.15) is 11.9 Å². The maximum Gasteiger partial charge on any atom is 0.253 e. The van der Waals surface area contributed by atoms with Gasteiger partial charge in [0.2, 0.25) is 0 Å². The van der Waals surface area contributed by atoms with Gasteiger partial charge in [-0.05, 0) is 95.3 Å². The predicted octanol–water partition coefficient (Wildman–Crippen LogP) is 6.99. The van der Waals surface area contributed by atoms with E-state index in [0.29, 0.717) is 18.7 Å². The number of aliphatic hydroxyl groups excluding tert-OH is 1. The number of hydrogen-bond donors (Lipinski definition) is 1. The minimum absolute atomic E-state index is 0.0288. The van der Waals surface area contributed by atoms with Gasteiger partial charge < -0.3 is 14.9 Å². The average Bonchev–Trinajstić information content (AvgIpc) is 2.94. The fourth-order valence-electron chi connectivity index (χ4n) is 5.48. The van der Waals surface area contributed by atoms with E-state index in [-0.39, 0.29) is 22.6 Å². The molecular weight excluding hydrogens is 499 g/mol. The van der Waals surface area contributed by atoms with E-state index < -0.39 is 6.10 Å². The van der Waals surface area contributed by atoms with Crippen LogP contribution in [0.5, 0.6) is 0 Å². The third-order valence-electron chi connectivity index (χ3n) is 8.29. The van der Waals surface area contributed by atoms with Crippen molar-refractivity contribution in [1.82, 2.24) is 4.90 Å². The smallest absolute Gasteiger partial charge is 0.253 e. The molecular formula is C35H41FN2O2. The predicted molar refractivity (Wildman–Crippen MR) is 161 cm³/mol. The first-order chi connectivity index (χ1) is 18.8. The molecule has 0 bridgehead atoms. The molecule has 5 heteroatoms. The van der Waals surface area contributed by atoms with Gasteiger partial charge in [-0.25, -0.2) is 4.39 Å². The molecule has 210 valence electrons. The molecule has 0 spiro atoms. The van der Waals surface area contributed by atoms with Crippen LogP contribution in [-0.2, 0) is 17.4 Å². The van der Waals surface area contributed by atoms with Crippen LogP contribution in [0.15, 0.2) is 60.7 Å². The van der Waals surface area contributed by atoms with E-state index in [4.69, 9.17) is 0 Å². The van der Waals surface area contributed by atoms with Gasteiger partial charge in [0.15, 0.2) is 0 Å². The van der Waals surface area contributed by atoms with Crippen LogP contribution >= 0.6 is 0 Å². The minimum atomic E-state index is -0.975. The van der Waals surface area contributed by atoms with Gasteiger partial charge in [-0.15, -0.1) is 0 Å². The van der Waals surface area contributed by atoms with E-state index in [0.717, 1.165) is 35.2 Å². The third kappa shape index (κ3) is 6.24. The monoisotopic (exact) mass is 540 g/mol. The van der Waals surface area contributed by atoms with Crippen molar-refractivity contribution >= 4 is 11.6 Å². The summed E-state index contributed by atoms with van der Waals surface area (Å²) in [5.74, 6) is 5.84. The lowest BCUT2D eigenvalue weighted by molar-refractivity contribution is 0.0802. The summed E-state index contributed by atoms with van der Waals surface area (Å²) in [6.45, 7) is 12.3. The maximum atomic E-state index is 13.5. The Morgan fingerprint density at radius 1 is 0.975 bits per heavy atom. The van der Waals surface area contributed by atoms with Crippen molar-refractivity contribution in [2.45, 2.75) is 70.9 Å². The number of fused-ring (bicyclic) bond motifs is 1. The molecule has 3 aromatic carbocycles. The molecule has 1 aliphatic rings. The van der Waals surface area contributed by atoms with Crippen molar-refractivity contribution < 1.29 is 14.3 Å². The molecule has 0 aliphatic heterocycles. The van der Waals surface area contributed by atoms with Crippen LogP contribution in [0.3, 0.4) is 0 Å². The van der Waals surface area contributed by atoms with E-state index in [2.05, 4.69) is 63.6 Å². The molecule has 4 rings (SSSR count). The zero-order chi connectivity index (χ0) is 29.2. The van der Waals surface area contributed by atoms with Gasteiger partial charge in [0.05, 0.1) is 0 Å². The van der Waals surface area contributed by atoms with Crippen molar-refractivity contribution in [3.63, 3.8) is 0 Å². The maximum absolute atomic E-state index is 13.5. The first-order valence-corrected chi connectivity index (χ1v) is 14.0. The SMILES string of the molecule is CCN(C)C(=O)c1ccc(C#CC(O)c2cc(N(C)Cc3ccc(F)cc3)c3c(c2)C(C)(C)CCC3(C)C)cc1. The number of halogens is 1. The minimum Gasteiger partial charge on any atom is -0.376 e. The molecule has 3 aromatic rings. The number of carbonyl (C=O) groups is 1. The van der Waals surface area contributed by atoms with Crippen LogP contribution in [-0.4, -0.2) is 36.6 Å². The van der Waals surface area contributed by atoms with Gasteiger partial charge in [-0.3, -0.25) is 4.79 Å². The Labute approximate surface area is 238 Å². The molecule has 1 atom stereocenters. The van der Waals surface area contributed by atoms with E-state index in [1.807, 2.05) is 31.2 Å². The zero-order valence-electron chi connectivity index (χ0n) is 24.8. The number of rotatable bonds is 6. The van der Waals surface area contributed by atoms with Gasteiger partial charge in [-0.2, -0.15) is 0 Å². The van der Waals surface area contributed by atoms with Gasteiger partial charge in [-0.1, -0.05) is 57.7 Å². The number of benzene rings is 3.